The molecule has 0 bridgehead atoms. The number of nitrogens with one attached hydrogen (secondary N) is 1. The van der Waals surface area contributed by atoms with Crippen molar-refractivity contribution in [2.24, 2.45) is 0 Å². The minimum absolute atomic E-state index is 0.0279. The van der Waals surface area contributed by atoms with Crippen LogP contribution in [0.4, 0.5) is 8.78 Å². The zero-order valence-electron chi connectivity index (χ0n) is 11.6. The van der Waals surface area contributed by atoms with Gasteiger partial charge < -0.3 is 4.98 Å². The Morgan fingerprint density at radius 3 is 2.74 bits per heavy atom. The summed E-state index contributed by atoms with van der Waals surface area (Å²) in [5, 5.41) is 13.3. The highest BCUT2D eigenvalue weighted by Crippen LogP contribution is 2.16. The normalized spacial score (nSPS) is 10.5. The van der Waals surface area contributed by atoms with Crippen LogP contribution in [0, 0.1) is 23.0 Å². The first-order valence-electron chi connectivity index (χ1n) is 6.55. The van der Waals surface area contributed by atoms with E-state index < -0.39 is 17.2 Å². The van der Waals surface area contributed by atoms with E-state index in [0.717, 1.165) is 6.20 Å². The van der Waals surface area contributed by atoms with Crippen molar-refractivity contribution in [2.75, 3.05) is 0 Å². The van der Waals surface area contributed by atoms with Crippen molar-refractivity contribution in [1.82, 2.24) is 19.7 Å². The van der Waals surface area contributed by atoms with Gasteiger partial charge in [-0.1, -0.05) is 18.2 Å². The number of benzene rings is 1. The zero-order chi connectivity index (χ0) is 16.4. The SMILES string of the molecule is N#Cc1cc(-c2ncc(F)c(=O)[nH]2)nn1Cc1ccccc1F. The molecule has 0 radical (unpaired) electrons. The lowest BCUT2D eigenvalue weighted by atomic mass is 10.2. The highest BCUT2D eigenvalue weighted by molar-refractivity contribution is 5.51. The van der Waals surface area contributed by atoms with Crippen molar-refractivity contribution in [3.8, 4) is 17.6 Å². The Bertz CT molecular complexity index is 970. The van der Waals surface area contributed by atoms with Crippen LogP contribution in [0.25, 0.3) is 11.5 Å². The van der Waals surface area contributed by atoms with Crippen molar-refractivity contribution in [3.63, 3.8) is 0 Å². The standard InChI is InChI=1S/C15H9F2N5O/c16-11-4-2-1-3-9(11)8-22-10(6-18)5-13(21-22)14-19-7-12(17)15(23)20-14/h1-5,7H,8H2,(H,19,20,23). The highest BCUT2D eigenvalue weighted by atomic mass is 19.1. The van der Waals surface area contributed by atoms with Gasteiger partial charge in [-0.3, -0.25) is 4.79 Å². The molecule has 6 nitrogen and oxygen atoms in total. The predicted octanol–water partition coefficient (Wildman–Crippen LogP) is 1.83. The molecule has 114 valence electrons. The molecule has 0 aliphatic carbocycles. The summed E-state index contributed by atoms with van der Waals surface area (Å²) < 4.78 is 28.0. The molecule has 0 unspecified atom stereocenters. The summed E-state index contributed by atoms with van der Waals surface area (Å²) in [6.07, 6.45) is 0.774. The van der Waals surface area contributed by atoms with Gasteiger partial charge in [0.05, 0.1) is 12.7 Å². The van der Waals surface area contributed by atoms with E-state index in [2.05, 4.69) is 15.1 Å². The van der Waals surface area contributed by atoms with Gasteiger partial charge in [-0.2, -0.15) is 14.8 Å². The van der Waals surface area contributed by atoms with E-state index >= 15 is 0 Å². The Kier molecular flexibility index (Phi) is 3.68. The van der Waals surface area contributed by atoms with Crippen LogP contribution in [0.3, 0.4) is 0 Å². The zero-order valence-corrected chi connectivity index (χ0v) is 11.6. The molecule has 0 saturated carbocycles. The molecule has 1 aromatic carbocycles. The lowest BCUT2D eigenvalue weighted by Gasteiger charge is -2.04. The molecule has 0 amide bonds. The number of hydrogen-bond acceptors (Lipinski definition) is 4. The Morgan fingerprint density at radius 2 is 2.04 bits per heavy atom. The van der Waals surface area contributed by atoms with Crippen molar-refractivity contribution < 1.29 is 8.78 Å². The number of rotatable bonds is 3. The van der Waals surface area contributed by atoms with Crippen LogP contribution in [-0.4, -0.2) is 19.7 Å². The van der Waals surface area contributed by atoms with Gasteiger partial charge in [0, 0.05) is 11.6 Å². The van der Waals surface area contributed by atoms with E-state index in [-0.39, 0.29) is 23.8 Å². The molecule has 0 aliphatic heterocycles. The summed E-state index contributed by atoms with van der Waals surface area (Å²) in [5.74, 6) is -1.40. The Balaban J connectivity index is 2.01. The molecular formula is C15H9F2N5O. The van der Waals surface area contributed by atoms with Crippen LogP contribution in [0.1, 0.15) is 11.3 Å². The van der Waals surface area contributed by atoms with Gasteiger partial charge in [0.2, 0.25) is 5.82 Å². The van der Waals surface area contributed by atoms with Gasteiger partial charge in [0.15, 0.2) is 5.82 Å². The molecule has 8 heteroatoms. The number of aromatic nitrogens is 4. The molecule has 23 heavy (non-hydrogen) atoms. The first-order chi connectivity index (χ1) is 11.1. The molecule has 0 fully saturated rings. The van der Waals surface area contributed by atoms with Gasteiger partial charge in [-0.25, -0.2) is 14.1 Å². The van der Waals surface area contributed by atoms with Gasteiger partial charge >= 0.3 is 0 Å². The number of H-pyrrole nitrogens is 1. The fourth-order valence-corrected chi connectivity index (χ4v) is 2.04. The largest absolute Gasteiger partial charge is 0.303 e. The van der Waals surface area contributed by atoms with E-state index in [9.17, 15) is 13.6 Å². The van der Waals surface area contributed by atoms with Crippen LogP contribution >= 0.6 is 0 Å². The van der Waals surface area contributed by atoms with E-state index in [1.165, 1.54) is 16.8 Å². The van der Waals surface area contributed by atoms with Crippen LogP contribution in [0.15, 0.2) is 41.3 Å². The maximum absolute atomic E-state index is 13.7. The van der Waals surface area contributed by atoms with Crippen molar-refractivity contribution in [1.29, 1.82) is 5.26 Å². The Hall–Kier alpha value is -3.34. The van der Waals surface area contributed by atoms with Gasteiger partial charge in [-0.05, 0) is 6.07 Å². The average molecular weight is 313 g/mol. The molecule has 3 rings (SSSR count). The lowest BCUT2D eigenvalue weighted by molar-refractivity contribution is 0.583. The van der Waals surface area contributed by atoms with Crippen LogP contribution in [0.5, 0.6) is 0 Å². The minimum atomic E-state index is -1.01. The second kappa shape index (κ2) is 5.81. The Labute approximate surface area is 128 Å². The first kappa shape index (κ1) is 14.6. The number of hydrogen-bond donors (Lipinski definition) is 1. The molecular weight excluding hydrogens is 304 g/mol. The number of nitriles is 1. The third-order valence-electron chi connectivity index (χ3n) is 3.17. The van der Waals surface area contributed by atoms with Gasteiger partial charge in [0.1, 0.15) is 23.3 Å². The van der Waals surface area contributed by atoms with E-state index in [1.807, 2.05) is 6.07 Å². The molecule has 2 heterocycles. The second-order valence-electron chi connectivity index (χ2n) is 4.68. The minimum Gasteiger partial charge on any atom is -0.303 e. The van der Waals surface area contributed by atoms with Crippen LogP contribution < -0.4 is 5.56 Å². The molecule has 1 N–H and O–H groups in total. The van der Waals surface area contributed by atoms with Crippen molar-refractivity contribution >= 4 is 0 Å². The molecule has 0 spiro atoms. The van der Waals surface area contributed by atoms with Crippen LogP contribution in [0.2, 0.25) is 0 Å². The number of nitrogens with zero attached hydrogens (tertiary/aromatic N) is 4. The van der Waals surface area contributed by atoms with Gasteiger partial charge in [-0.15, -0.1) is 0 Å². The smallest absolute Gasteiger partial charge is 0.287 e. The Morgan fingerprint density at radius 1 is 1.26 bits per heavy atom. The second-order valence-corrected chi connectivity index (χ2v) is 4.68. The number of aromatic amines is 1. The van der Waals surface area contributed by atoms with Crippen molar-refractivity contribution in [3.05, 3.63) is 69.8 Å². The predicted molar refractivity (Wildman–Crippen MR) is 76.3 cm³/mol. The molecule has 3 aromatic rings. The summed E-state index contributed by atoms with van der Waals surface area (Å²) in [6.45, 7) is 0.0427. The maximum atomic E-state index is 13.7. The fourth-order valence-electron chi connectivity index (χ4n) is 2.04. The van der Waals surface area contributed by atoms with E-state index in [0.29, 0.717) is 5.56 Å². The molecule has 2 aromatic heterocycles. The molecule has 0 aliphatic rings. The summed E-state index contributed by atoms with van der Waals surface area (Å²) in [4.78, 5) is 17.3. The quantitative estimate of drug-likeness (QED) is 0.799. The molecule has 0 saturated heterocycles. The van der Waals surface area contributed by atoms with Crippen molar-refractivity contribution in [2.45, 2.75) is 6.54 Å². The first-order valence-corrected chi connectivity index (χ1v) is 6.55. The van der Waals surface area contributed by atoms with Crippen LogP contribution in [-0.2, 0) is 6.54 Å². The van der Waals surface area contributed by atoms with Gasteiger partial charge in [0.25, 0.3) is 5.56 Å². The summed E-state index contributed by atoms with van der Waals surface area (Å²) >= 11 is 0. The number of halogens is 2. The third-order valence-corrected chi connectivity index (χ3v) is 3.17. The molecule has 0 atom stereocenters. The highest BCUT2D eigenvalue weighted by Gasteiger charge is 2.13. The topological polar surface area (TPSA) is 87.4 Å². The third kappa shape index (κ3) is 2.85. The fraction of sp³-hybridized carbons (Fsp3) is 0.0667. The maximum Gasteiger partial charge on any atom is 0.287 e. The van der Waals surface area contributed by atoms with E-state index in [1.54, 1.807) is 18.2 Å². The average Bonchev–Trinajstić information content (AvgIpc) is 2.95. The lowest BCUT2D eigenvalue weighted by Crippen LogP contribution is -2.12. The summed E-state index contributed by atoms with van der Waals surface area (Å²) in [7, 11) is 0. The monoisotopic (exact) mass is 313 g/mol. The summed E-state index contributed by atoms with van der Waals surface area (Å²) in [5.41, 5.74) is -0.221. The van der Waals surface area contributed by atoms with E-state index in [4.69, 9.17) is 5.26 Å². The summed E-state index contributed by atoms with van der Waals surface area (Å²) in [6, 6.07) is 9.45.